The summed E-state index contributed by atoms with van der Waals surface area (Å²) in [4.78, 5) is 36.9. The van der Waals surface area contributed by atoms with Gasteiger partial charge in [-0.2, -0.15) is 12.6 Å². The lowest BCUT2D eigenvalue weighted by Gasteiger charge is -2.30. The minimum Gasteiger partial charge on any atom is -0.396 e. The molecule has 7 nitrogen and oxygen atoms in total. The van der Waals surface area contributed by atoms with Crippen LogP contribution < -0.4 is 5.32 Å². The molecule has 0 fully saturated rings. The number of carbonyl (C=O) groups is 3. The van der Waals surface area contributed by atoms with E-state index in [0.29, 0.717) is 18.7 Å². The van der Waals surface area contributed by atoms with E-state index < -0.39 is 29.9 Å². The fourth-order valence-corrected chi connectivity index (χ4v) is 1.72. The molecule has 24 heavy (non-hydrogen) atoms. The number of hydrogen-bond acceptors (Lipinski definition) is 6. The standard InChI is InChI=1S/C16H26N2O5S/c1-4-5-6-13(21)18(9-7-12(20)17-8-10-24)15(23)14(22)16(2,3)11-19/h14,19,22,24H,4,7-11H2,1-3H3,(H,17,20)/t14-/m0/s1. The molecule has 136 valence electrons. The van der Waals surface area contributed by atoms with E-state index in [-0.39, 0.29) is 18.9 Å². The van der Waals surface area contributed by atoms with Crippen LogP contribution in [0.4, 0.5) is 0 Å². The van der Waals surface area contributed by atoms with Crippen molar-refractivity contribution in [3.05, 3.63) is 0 Å². The van der Waals surface area contributed by atoms with Gasteiger partial charge >= 0.3 is 5.91 Å². The van der Waals surface area contributed by atoms with Crippen LogP contribution in [0.25, 0.3) is 0 Å². The Hall–Kier alpha value is -1.56. The summed E-state index contributed by atoms with van der Waals surface area (Å²) in [5.41, 5.74) is -1.12. The van der Waals surface area contributed by atoms with Crippen LogP contribution in [-0.2, 0) is 14.4 Å². The van der Waals surface area contributed by atoms with Crippen molar-refractivity contribution in [2.45, 2.75) is 39.7 Å². The minimum absolute atomic E-state index is 0.106. The van der Waals surface area contributed by atoms with E-state index in [4.69, 9.17) is 0 Å². The number of rotatable bonds is 8. The Morgan fingerprint density at radius 1 is 1.33 bits per heavy atom. The van der Waals surface area contributed by atoms with Gasteiger partial charge in [-0.15, -0.1) is 0 Å². The zero-order chi connectivity index (χ0) is 18.8. The molecule has 0 aliphatic carbocycles. The molecule has 3 N–H and O–H groups in total. The van der Waals surface area contributed by atoms with Crippen molar-refractivity contribution < 1.29 is 24.6 Å². The summed E-state index contributed by atoms with van der Waals surface area (Å²) in [5.74, 6) is 3.33. The lowest BCUT2D eigenvalue weighted by molar-refractivity contribution is -0.154. The summed E-state index contributed by atoms with van der Waals surface area (Å²) in [6.07, 6.45) is -1.26. The third-order valence-corrected chi connectivity index (χ3v) is 3.48. The van der Waals surface area contributed by atoms with Gasteiger partial charge in [0.05, 0.1) is 6.61 Å². The molecule has 0 aromatic carbocycles. The van der Waals surface area contributed by atoms with Crippen LogP contribution in [0.1, 0.15) is 33.6 Å². The van der Waals surface area contributed by atoms with Gasteiger partial charge in [-0.05, 0) is 5.92 Å². The van der Waals surface area contributed by atoms with E-state index in [0.717, 1.165) is 4.90 Å². The summed E-state index contributed by atoms with van der Waals surface area (Å²) in [6, 6.07) is 0. The van der Waals surface area contributed by atoms with E-state index in [1.807, 2.05) is 0 Å². The summed E-state index contributed by atoms with van der Waals surface area (Å²) < 4.78 is 0. The van der Waals surface area contributed by atoms with Crippen molar-refractivity contribution in [2.24, 2.45) is 5.41 Å². The number of carbonyl (C=O) groups excluding carboxylic acids is 3. The van der Waals surface area contributed by atoms with Gasteiger partial charge in [-0.1, -0.05) is 26.7 Å². The summed E-state index contributed by atoms with van der Waals surface area (Å²) in [5, 5.41) is 22.0. The molecule has 0 radical (unpaired) electrons. The maximum Gasteiger partial charge on any atom is 0.305 e. The van der Waals surface area contributed by atoms with Crippen molar-refractivity contribution in [2.75, 3.05) is 25.4 Å². The Bertz CT molecular complexity index is 510. The number of nitrogens with zero attached hydrogens (tertiary/aromatic N) is 1. The smallest absolute Gasteiger partial charge is 0.305 e. The van der Waals surface area contributed by atoms with Gasteiger partial charge in [0.1, 0.15) is 6.10 Å². The highest BCUT2D eigenvalue weighted by Crippen LogP contribution is 2.21. The number of imide groups is 1. The minimum atomic E-state index is -1.59. The maximum absolute atomic E-state index is 12.4. The third-order valence-electron chi connectivity index (χ3n) is 3.26. The molecule has 0 aromatic heterocycles. The van der Waals surface area contributed by atoms with Gasteiger partial charge < -0.3 is 15.5 Å². The predicted octanol–water partition coefficient (Wildman–Crippen LogP) is -0.429. The van der Waals surface area contributed by atoms with Crippen LogP contribution in [0.5, 0.6) is 0 Å². The second-order valence-corrected chi connectivity index (χ2v) is 6.27. The molecule has 0 bridgehead atoms. The van der Waals surface area contributed by atoms with Crippen molar-refractivity contribution in [3.8, 4) is 11.8 Å². The van der Waals surface area contributed by atoms with Crippen LogP contribution in [-0.4, -0.2) is 64.4 Å². The molecule has 0 spiro atoms. The Kier molecular flexibility index (Phi) is 10.4. The van der Waals surface area contributed by atoms with Gasteiger partial charge in [0.2, 0.25) is 5.91 Å². The summed E-state index contributed by atoms with van der Waals surface area (Å²) in [6.45, 7) is 4.48. The van der Waals surface area contributed by atoms with E-state index in [9.17, 15) is 24.6 Å². The number of aliphatic hydroxyl groups excluding tert-OH is 2. The second-order valence-electron chi connectivity index (χ2n) is 5.82. The largest absolute Gasteiger partial charge is 0.396 e. The Morgan fingerprint density at radius 2 is 1.96 bits per heavy atom. The molecule has 0 saturated carbocycles. The van der Waals surface area contributed by atoms with E-state index in [2.05, 4.69) is 29.8 Å². The molecular weight excluding hydrogens is 332 g/mol. The monoisotopic (exact) mass is 358 g/mol. The number of aliphatic hydroxyl groups is 2. The number of nitrogens with one attached hydrogen (secondary N) is 1. The van der Waals surface area contributed by atoms with Gasteiger partial charge in [-0.25, -0.2) is 0 Å². The normalized spacial score (nSPS) is 11.9. The van der Waals surface area contributed by atoms with Gasteiger partial charge in [0, 0.05) is 37.1 Å². The highest BCUT2D eigenvalue weighted by atomic mass is 32.1. The van der Waals surface area contributed by atoms with Crippen LogP contribution in [0.15, 0.2) is 0 Å². The van der Waals surface area contributed by atoms with Crippen molar-refractivity contribution in [3.63, 3.8) is 0 Å². The molecule has 0 heterocycles. The van der Waals surface area contributed by atoms with E-state index in [1.54, 1.807) is 6.92 Å². The molecular formula is C16H26N2O5S. The number of amides is 3. The highest BCUT2D eigenvalue weighted by Gasteiger charge is 2.37. The first kappa shape index (κ1) is 22.4. The zero-order valence-corrected chi connectivity index (χ0v) is 15.2. The number of hydrogen-bond donors (Lipinski definition) is 4. The van der Waals surface area contributed by atoms with Gasteiger partial charge in [0.15, 0.2) is 0 Å². The Balaban J connectivity index is 5.16. The van der Waals surface area contributed by atoms with Crippen molar-refractivity contribution in [1.82, 2.24) is 10.2 Å². The van der Waals surface area contributed by atoms with Crippen molar-refractivity contribution in [1.29, 1.82) is 0 Å². The van der Waals surface area contributed by atoms with Crippen LogP contribution in [0.2, 0.25) is 0 Å². The van der Waals surface area contributed by atoms with Crippen LogP contribution in [0.3, 0.4) is 0 Å². The fourth-order valence-electron chi connectivity index (χ4n) is 1.61. The van der Waals surface area contributed by atoms with E-state index in [1.165, 1.54) is 13.8 Å². The first-order valence-corrected chi connectivity index (χ1v) is 8.35. The highest BCUT2D eigenvalue weighted by molar-refractivity contribution is 7.80. The average molecular weight is 358 g/mol. The first-order valence-electron chi connectivity index (χ1n) is 7.72. The molecule has 8 heteroatoms. The molecule has 1 atom stereocenters. The maximum atomic E-state index is 12.4. The molecule has 3 amide bonds. The Morgan fingerprint density at radius 3 is 2.46 bits per heavy atom. The molecule has 0 aliphatic rings. The second kappa shape index (κ2) is 11.1. The van der Waals surface area contributed by atoms with Gasteiger partial charge in [0.25, 0.3) is 5.91 Å². The van der Waals surface area contributed by atoms with Crippen LogP contribution >= 0.6 is 12.6 Å². The molecule has 0 saturated heterocycles. The summed E-state index contributed by atoms with van der Waals surface area (Å²) in [7, 11) is 0. The molecule has 0 aromatic rings. The number of thiol groups is 1. The average Bonchev–Trinajstić information content (AvgIpc) is 2.56. The van der Waals surface area contributed by atoms with E-state index >= 15 is 0 Å². The molecule has 0 rings (SSSR count). The molecule has 0 aliphatic heterocycles. The van der Waals surface area contributed by atoms with Crippen LogP contribution in [0, 0.1) is 17.3 Å². The first-order chi connectivity index (χ1) is 11.2. The predicted molar refractivity (Wildman–Crippen MR) is 93.1 cm³/mol. The quantitative estimate of drug-likeness (QED) is 0.348. The SMILES string of the molecule is CCC#CC(=O)N(CCC(=O)NCCS)C(=O)[C@H](O)C(C)(C)CO. The fraction of sp³-hybridized carbons (Fsp3) is 0.688. The molecule has 0 unspecified atom stereocenters. The lowest BCUT2D eigenvalue weighted by Crippen LogP contribution is -2.50. The Labute approximate surface area is 148 Å². The topological polar surface area (TPSA) is 107 Å². The van der Waals surface area contributed by atoms with Gasteiger partial charge in [-0.3, -0.25) is 19.3 Å². The zero-order valence-electron chi connectivity index (χ0n) is 14.3. The third kappa shape index (κ3) is 7.34. The van der Waals surface area contributed by atoms with Crippen molar-refractivity contribution >= 4 is 30.4 Å². The summed E-state index contributed by atoms with van der Waals surface area (Å²) >= 11 is 3.97. The lowest BCUT2D eigenvalue weighted by atomic mass is 9.86.